The Morgan fingerprint density at radius 1 is 1.53 bits per heavy atom. The van der Waals surface area contributed by atoms with E-state index in [1.54, 1.807) is 18.3 Å². The fraction of sp³-hybridized carbons (Fsp3) is 0.308. The van der Waals surface area contributed by atoms with Gasteiger partial charge in [0, 0.05) is 17.1 Å². The van der Waals surface area contributed by atoms with E-state index < -0.39 is 0 Å². The van der Waals surface area contributed by atoms with Crippen molar-refractivity contribution in [2.45, 2.75) is 25.5 Å². The minimum Gasteiger partial charge on any atom is -0.455 e. The van der Waals surface area contributed by atoms with Crippen molar-refractivity contribution in [3.63, 3.8) is 0 Å². The van der Waals surface area contributed by atoms with E-state index in [2.05, 4.69) is 0 Å². The molecule has 1 fully saturated rings. The van der Waals surface area contributed by atoms with Gasteiger partial charge < -0.3 is 15.0 Å². The summed E-state index contributed by atoms with van der Waals surface area (Å²) in [5.41, 5.74) is 6.88. The molecule has 0 saturated heterocycles. The molecule has 100 valence electrons. The number of nitrogens with two attached hydrogens (primary N) is 1. The van der Waals surface area contributed by atoms with Gasteiger partial charge in [0.1, 0.15) is 12.3 Å². The number of nitrogens with zero attached hydrogens (tertiary/aromatic N) is 1. The Morgan fingerprint density at radius 2 is 2.32 bits per heavy atom. The molecular weight excluding hydrogens is 284 g/mol. The molecule has 0 atom stereocenters. The summed E-state index contributed by atoms with van der Waals surface area (Å²) in [5.74, 6) is -0.340. The van der Waals surface area contributed by atoms with E-state index in [-0.39, 0.29) is 12.6 Å². The molecule has 0 aromatic carbocycles. The van der Waals surface area contributed by atoms with E-state index in [0.29, 0.717) is 21.8 Å². The molecule has 19 heavy (non-hydrogen) atoms. The number of ether oxygens (including phenoxy) is 1. The maximum absolute atomic E-state index is 12.1. The van der Waals surface area contributed by atoms with Gasteiger partial charge in [-0.15, -0.1) is 11.3 Å². The van der Waals surface area contributed by atoms with E-state index in [1.165, 1.54) is 11.3 Å². The number of rotatable bonds is 4. The number of nitrogen functional groups attached to an aromatic ring is 1. The van der Waals surface area contributed by atoms with E-state index in [1.807, 2.05) is 10.6 Å². The molecular formula is C13H13ClN2O2S. The Labute approximate surface area is 119 Å². The van der Waals surface area contributed by atoms with Gasteiger partial charge in [0.25, 0.3) is 0 Å². The summed E-state index contributed by atoms with van der Waals surface area (Å²) in [4.78, 5) is 13.0. The van der Waals surface area contributed by atoms with Gasteiger partial charge in [0.2, 0.25) is 0 Å². The third kappa shape index (κ3) is 2.77. The highest BCUT2D eigenvalue weighted by molar-refractivity contribution is 7.16. The third-order valence-electron chi connectivity index (χ3n) is 2.99. The molecule has 2 N–H and O–H groups in total. The van der Waals surface area contributed by atoms with E-state index >= 15 is 0 Å². The maximum Gasteiger partial charge on any atom is 0.355 e. The Balaban J connectivity index is 1.70. The molecule has 6 heteroatoms. The second kappa shape index (κ2) is 4.90. The van der Waals surface area contributed by atoms with Crippen molar-refractivity contribution in [3.8, 4) is 0 Å². The van der Waals surface area contributed by atoms with Gasteiger partial charge >= 0.3 is 5.97 Å². The van der Waals surface area contributed by atoms with Crippen LogP contribution in [0, 0.1) is 0 Å². The minimum atomic E-state index is -0.340. The first-order chi connectivity index (χ1) is 9.13. The second-order valence-electron chi connectivity index (χ2n) is 4.58. The van der Waals surface area contributed by atoms with Gasteiger partial charge in [-0.3, -0.25) is 0 Å². The van der Waals surface area contributed by atoms with Crippen molar-refractivity contribution in [1.82, 2.24) is 4.57 Å². The standard InChI is InChI=1S/C13H13ClN2O2S/c14-12-4-3-10(19-12)7-18-13(17)11-5-8(15)6-16(11)9-1-2-9/h3-6,9H,1-2,7,15H2. The molecule has 0 spiro atoms. The van der Waals surface area contributed by atoms with Crippen LogP contribution in [0.15, 0.2) is 24.4 Å². The van der Waals surface area contributed by atoms with Crippen LogP contribution in [0.3, 0.4) is 0 Å². The predicted molar refractivity (Wildman–Crippen MR) is 75.6 cm³/mol. The van der Waals surface area contributed by atoms with Crippen molar-refractivity contribution in [3.05, 3.63) is 39.3 Å². The minimum absolute atomic E-state index is 0.242. The highest BCUT2D eigenvalue weighted by Crippen LogP contribution is 2.37. The van der Waals surface area contributed by atoms with Crippen molar-refractivity contribution in [2.24, 2.45) is 0 Å². The number of halogens is 1. The van der Waals surface area contributed by atoms with E-state index in [0.717, 1.165) is 17.7 Å². The Morgan fingerprint density at radius 3 is 2.95 bits per heavy atom. The van der Waals surface area contributed by atoms with E-state index in [9.17, 15) is 4.79 Å². The average Bonchev–Trinajstić information content (AvgIpc) is 3.03. The summed E-state index contributed by atoms with van der Waals surface area (Å²) in [6, 6.07) is 5.72. The second-order valence-corrected chi connectivity index (χ2v) is 6.38. The average molecular weight is 297 g/mol. The number of anilines is 1. The predicted octanol–water partition coefficient (Wildman–Crippen LogP) is 3.48. The summed E-state index contributed by atoms with van der Waals surface area (Å²) in [6.07, 6.45) is 3.99. The fourth-order valence-electron chi connectivity index (χ4n) is 1.96. The molecule has 2 aromatic rings. The molecule has 0 radical (unpaired) electrons. The lowest BCUT2D eigenvalue weighted by Gasteiger charge is -2.07. The SMILES string of the molecule is Nc1cc(C(=O)OCc2ccc(Cl)s2)n(C2CC2)c1. The Hall–Kier alpha value is -1.46. The molecule has 0 aliphatic heterocycles. The maximum atomic E-state index is 12.1. The molecule has 4 nitrogen and oxygen atoms in total. The van der Waals surface area contributed by atoms with Crippen molar-refractivity contribution in [2.75, 3.05) is 5.73 Å². The number of hydrogen-bond acceptors (Lipinski definition) is 4. The summed E-state index contributed by atoms with van der Waals surface area (Å²) in [6.45, 7) is 0.242. The third-order valence-corrected chi connectivity index (χ3v) is 4.20. The molecule has 0 bridgehead atoms. The molecule has 2 heterocycles. The molecule has 0 unspecified atom stereocenters. The molecule has 1 aliphatic carbocycles. The zero-order valence-electron chi connectivity index (χ0n) is 10.1. The lowest BCUT2D eigenvalue weighted by molar-refractivity contribution is 0.0464. The zero-order valence-corrected chi connectivity index (χ0v) is 11.7. The first-order valence-corrected chi connectivity index (χ1v) is 7.21. The van der Waals surface area contributed by atoms with Crippen LogP contribution in [0.5, 0.6) is 0 Å². The summed E-state index contributed by atoms with van der Waals surface area (Å²) in [5, 5.41) is 0. The van der Waals surface area contributed by atoms with Crippen LogP contribution in [0.1, 0.15) is 34.2 Å². The lowest BCUT2D eigenvalue weighted by atomic mass is 10.4. The highest BCUT2D eigenvalue weighted by atomic mass is 35.5. The van der Waals surface area contributed by atoms with Gasteiger partial charge in [-0.25, -0.2) is 4.79 Å². The van der Waals surface area contributed by atoms with Crippen LogP contribution in [-0.4, -0.2) is 10.5 Å². The monoisotopic (exact) mass is 296 g/mol. The highest BCUT2D eigenvalue weighted by Gasteiger charge is 2.28. The van der Waals surface area contributed by atoms with Gasteiger partial charge in [-0.05, 0) is 31.0 Å². The topological polar surface area (TPSA) is 57.3 Å². The van der Waals surface area contributed by atoms with Crippen molar-refractivity contribution >= 4 is 34.6 Å². The summed E-state index contributed by atoms with van der Waals surface area (Å²) in [7, 11) is 0. The van der Waals surface area contributed by atoms with Gasteiger partial charge in [-0.1, -0.05) is 11.6 Å². The number of hydrogen-bond donors (Lipinski definition) is 1. The van der Waals surface area contributed by atoms with Crippen LogP contribution in [0.2, 0.25) is 4.34 Å². The molecule has 1 aliphatic rings. The first-order valence-electron chi connectivity index (χ1n) is 6.02. The normalized spacial score (nSPS) is 14.6. The zero-order chi connectivity index (χ0) is 13.4. The fourth-order valence-corrected chi connectivity index (χ4v) is 2.96. The van der Waals surface area contributed by atoms with Crippen molar-refractivity contribution in [1.29, 1.82) is 0 Å². The van der Waals surface area contributed by atoms with Crippen LogP contribution in [-0.2, 0) is 11.3 Å². The number of thiophene rings is 1. The number of carbonyl (C=O) groups excluding carboxylic acids is 1. The largest absolute Gasteiger partial charge is 0.455 e. The lowest BCUT2D eigenvalue weighted by Crippen LogP contribution is -2.10. The van der Waals surface area contributed by atoms with Crippen LogP contribution in [0.25, 0.3) is 0 Å². The number of esters is 1. The number of carbonyl (C=O) groups is 1. The molecule has 2 aromatic heterocycles. The molecule has 0 amide bonds. The smallest absolute Gasteiger partial charge is 0.355 e. The van der Waals surface area contributed by atoms with Gasteiger partial charge in [0.15, 0.2) is 0 Å². The molecule has 3 rings (SSSR count). The van der Waals surface area contributed by atoms with Crippen LogP contribution in [0.4, 0.5) is 5.69 Å². The number of aromatic nitrogens is 1. The quantitative estimate of drug-likeness (QED) is 0.879. The van der Waals surface area contributed by atoms with Gasteiger partial charge in [-0.2, -0.15) is 0 Å². The Bertz CT molecular complexity index is 616. The van der Waals surface area contributed by atoms with E-state index in [4.69, 9.17) is 22.1 Å². The Kier molecular flexibility index (Phi) is 3.24. The summed E-state index contributed by atoms with van der Waals surface area (Å²) < 4.78 is 7.90. The summed E-state index contributed by atoms with van der Waals surface area (Å²) >= 11 is 7.24. The van der Waals surface area contributed by atoms with Crippen LogP contribution >= 0.6 is 22.9 Å². The first kappa shape index (κ1) is 12.6. The molecule has 1 saturated carbocycles. The van der Waals surface area contributed by atoms with Crippen LogP contribution < -0.4 is 5.73 Å². The van der Waals surface area contributed by atoms with Crippen molar-refractivity contribution < 1.29 is 9.53 Å². The van der Waals surface area contributed by atoms with Gasteiger partial charge in [0.05, 0.1) is 10.0 Å².